The lowest BCUT2D eigenvalue weighted by molar-refractivity contribution is -0.144. The first-order valence-corrected chi connectivity index (χ1v) is 8.62. The van der Waals surface area contributed by atoms with Crippen molar-refractivity contribution in [3.8, 4) is 0 Å². The standard InChI is InChI=1S/C16H12N2O6S2/c1-7(15(23)24)18-14(22)12(26-16(18)25)11-8-4-2-3-5-9(8)17(13(11)21)6-10(19)20/h2-5,7H,6H2,1H3,(H,19,20)(H,23,24)/b12-11+/t7-/m1/s1. The number of fused-ring (bicyclic) bond motifs is 1. The van der Waals surface area contributed by atoms with E-state index in [1.165, 1.54) is 6.92 Å². The molecule has 0 spiro atoms. The van der Waals surface area contributed by atoms with Crippen molar-refractivity contribution in [2.45, 2.75) is 13.0 Å². The largest absolute Gasteiger partial charge is 0.480 e. The Morgan fingerprint density at radius 1 is 1.19 bits per heavy atom. The minimum atomic E-state index is -1.22. The predicted molar refractivity (Wildman–Crippen MR) is 97.5 cm³/mol. The number of nitrogens with zero attached hydrogens (tertiary/aromatic N) is 2. The Bertz CT molecular complexity index is 910. The van der Waals surface area contributed by atoms with Gasteiger partial charge in [0, 0.05) is 5.56 Å². The van der Waals surface area contributed by atoms with Crippen molar-refractivity contribution in [2.75, 3.05) is 11.4 Å². The van der Waals surface area contributed by atoms with Gasteiger partial charge in [0.15, 0.2) is 0 Å². The molecule has 0 aliphatic carbocycles. The molecule has 0 aromatic heterocycles. The summed E-state index contributed by atoms with van der Waals surface area (Å²) in [7, 11) is 0. The first kappa shape index (κ1) is 18.1. The van der Waals surface area contributed by atoms with Crippen molar-refractivity contribution >= 4 is 63.3 Å². The van der Waals surface area contributed by atoms with E-state index in [0.29, 0.717) is 11.3 Å². The Kier molecular flexibility index (Phi) is 4.55. The highest BCUT2D eigenvalue weighted by atomic mass is 32.2. The molecule has 2 heterocycles. The monoisotopic (exact) mass is 392 g/mol. The number of aliphatic carboxylic acids is 2. The first-order valence-electron chi connectivity index (χ1n) is 7.39. The summed E-state index contributed by atoms with van der Waals surface area (Å²) in [6.07, 6.45) is 0. The van der Waals surface area contributed by atoms with Crippen molar-refractivity contribution in [3.63, 3.8) is 0 Å². The molecule has 0 bridgehead atoms. The fourth-order valence-electron chi connectivity index (χ4n) is 2.77. The second-order valence-electron chi connectivity index (χ2n) is 5.56. The molecule has 2 aliphatic rings. The van der Waals surface area contributed by atoms with Crippen LogP contribution in [0.3, 0.4) is 0 Å². The predicted octanol–water partition coefficient (Wildman–Crippen LogP) is 1.16. The minimum Gasteiger partial charge on any atom is -0.480 e. The number of anilines is 1. The van der Waals surface area contributed by atoms with E-state index >= 15 is 0 Å². The summed E-state index contributed by atoms with van der Waals surface area (Å²) < 4.78 is 0.0364. The molecule has 2 aliphatic heterocycles. The van der Waals surface area contributed by atoms with Crippen molar-refractivity contribution in [1.82, 2.24) is 4.90 Å². The summed E-state index contributed by atoms with van der Waals surface area (Å²) in [6.45, 7) is 0.771. The van der Waals surface area contributed by atoms with Gasteiger partial charge in [0.25, 0.3) is 11.8 Å². The number of carbonyl (C=O) groups excluding carboxylic acids is 2. The smallest absolute Gasteiger partial charge is 0.326 e. The molecular formula is C16H12N2O6S2. The van der Waals surface area contributed by atoms with E-state index in [0.717, 1.165) is 21.6 Å². The molecule has 1 saturated heterocycles. The van der Waals surface area contributed by atoms with Gasteiger partial charge in [-0.05, 0) is 13.0 Å². The van der Waals surface area contributed by atoms with Crippen molar-refractivity contribution in [2.24, 2.45) is 0 Å². The molecular weight excluding hydrogens is 380 g/mol. The first-order chi connectivity index (χ1) is 12.2. The number of carboxylic acids is 2. The lowest BCUT2D eigenvalue weighted by atomic mass is 10.1. The van der Waals surface area contributed by atoms with Crippen LogP contribution in [0.5, 0.6) is 0 Å². The normalized spacial score (nSPS) is 20.6. The van der Waals surface area contributed by atoms with Gasteiger partial charge in [-0.2, -0.15) is 0 Å². The Morgan fingerprint density at radius 3 is 2.46 bits per heavy atom. The molecule has 134 valence electrons. The third-order valence-electron chi connectivity index (χ3n) is 3.99. The number of hydrogen-bond acceptors (Lipinski definition) is 6. The maximum Gasteiger partial charge on any atom is 0.326 e. The third-order valence-corrected chi connectivity index (χ3v) is 5.39. The molecule has 3 rings (SSSR count). The second-order valence-corrected chi connectivity index (χ2v) is 7.21. The molecule has 10 heteroatoms. The van der Waals surface area contributed by atoms with Crippen molar-refractivity contribution < 1.29 is 29.4 Å². The van der Waals surface area contributed by atoms with Gasteiger partial charge < -0.3 is 10.2 Å². The SMILES string of the molecule is C[C@H](C(=O)O)N1C(=O)/C(=C2\C(=O)N(CC(=O)O)c3ccccc32)SC1=S. The van der Waals surface area contributed by atoms with Crippen LogP contribution in [0.1, 0.15) is 12.5 Å². The van der Waals surface area contributed by atoms with Crippen molar-refractivity contribution in [3.05, 3.63) is 34.7 Å². The zero-order chi connectivity index (χ0) is 19.2. The summed E-state index contributed by atoms with van der Waals surface area (Å²) in [6, 6.07) is 5.34. The Hall–Kier alpha value is -2.72. The third kappa shape index (κ3) is 2.76. The topological polar surface area (TPSA) is 115 Å². The number of thiocarbonyl (C=S) groups is 1. The van der Waals surface area contributed by atoms with E-state index in [1.807, 2.05) is 0 Å². The highest BCUT2D eigenvalue weighted by Gasteiger charge is 2.44. The molecule has 0 radical (unpaired) electrons. The van der Waals surface area contributed by atoms with Crippen LogP contribution in [0.25, 0.3) is 5.57 Å². The van der Waals surface area contributed by atoms with Gasteiger partial charge in [-0.25, -0.2) is 4.79 Å². The van der Waals surface area contributed by atoms with Crippen LogP contribution in [0.2, 0.25) is 0 Å². The van der Waals surface area contributed by atoms with E-state index in [2.05, 4.69) is 0 Å². The fraction of sp³-hybridized carbons (Fsp3) is 0.188. The van der Waals surface area contributed by atoms with Gasteiger partial charge in [0.05, 0.1) is 16.2 Å². The maximum absolute atomic E-state index is 12.8. The van der Waals surface area contributed by atoms with Crippen LogP contribution in [0.15, 0.2) is 29.2 Å². The summed E-state index contributed by atoms with van der Waals surface area (Å²) in [4.78, 5) is 49.9. The quantitative estimate of drug-likeness (QED) is 0.579. The number of para-hydroxylation sites is 1. The van der Waals surface area contributed by atoms with E-state index in [-0.39, 0.29) is 14.8 Å². The fourth-order valence-corrected chi connectivity index (χ4v) is 4.26. The lowest BCUT2D eigenvalue weighted by Gasteiger charge is -2.18. The Balaban J connectivity index is 2.12. The van der Waals surface area contributed by atoms with E-state index in [1.54, 1.807) is 24.3 Å². The Morgan fingerprint density at radius 2 is 1.85 bits per heavy atom. The Labute approximate surface area is 157 Å². The van der Waals surface area contributed by atoms with E-state index in [4.69, 9.17) is 22.4 Å². The molecule has 2 amide bonds. The van der Waals surface area contributed by atoms with Crippen LogP contribution in [-0.2, 0) is 19.2 Å². The number of benzene rings is 1. The second kappa shape index (κ2) is 6.54. The molecule has 2 N–H and O–H groups in total. The zero-order valence-corrected chi connectivity index (χ0v) is 15.0. The van der Waals surface area contributed by atoms with Gasteiger partial charge in [-0.15, -0.1) is 0 Å². The molecule has 1 aromatic carbocycles. The molecule has 26 heavy (non-hydrogen) atoms. The van der Waals surface area contributed by atoms with Crippen LogP contribution in [0.4, 0.5) is 5.69 Å². The summed E-state index contributed by atoms with van der Waals surface area (Å²) in [5.74, 6) is -3.72. The summed E-state index contributed by atoms with van der Waals surface area (Å²) in [5.41, 5.74) is 0.841. The van der Waals surface area contributed by atoms with Crippen LogP contribution < -0.4 is 4.90 Å². The van der Waals surface area contributed by atoms with Gasteiger partial charge in [0.2, 0.25) is 0 Å². The minimum absolute atomic E-state index is 0.00781. The highest BCUT2D eigenvalue weighted by Crippen LogP contribution is 2.44. The molecule has 8 nitrogen and oxygen atoms in total. The highest BCUT2D eigenvalue weighted by molar-refractivity contribution is 8.26. The van der Waals surface area contributed by atoms with E-state index in [9.17, 15) is 19.2 Å². The van der Waals surface area contributed by atoms with Crippen LogP contribution in [-0.4, -0.2) is 55.8 Å². The van der Waals surface area contributed by atoms with Crippen LogP contribution in [0, 0.1) is 0 Å². The molecule has 1 aromatic rings. The van der Waals surface area contributed by atoms with Gasteiger partial charge >= 0.3 is 11.9 Å². The average Bonchev–Trinajstić information content (AvgIpc) is 3.01. The summed E-state index contributed by atoms with van der Waals surface area (Å²) >= 11 is 5.96. The number of amides is 2. The van der Waals surface area contributed by atoms with Gasteiger partial charge in [0.1, 0.15) is 16.9 Å². The number of hydrogen-bond donors (Lipinski definition) is 2. The maximum atomic E-state index is 12.8. The van der Waals surface area contributed by atoms with E-state index < -0.39 is 36.3 Å². The number of rotatable bonds is 4. The summed E-state index contributed by atoms with van der Waals surface area (Å²) in [5, 5.41) is 18.2. The lowest BCUT2D eigenvalue weighted by Crippen LogP contribution is -2.41. The van der Waals surface area contributed by atoms with Crippen molar-refractivity contribution in [1.29, 1.82) is 0 Å². The van der Waals surface area contributed by atoms with Gasteiger partial charge in [-0.1, -0.05) is 42.2 Å². The number of carbonyl (C=O) groups is 4. The molecule has 1 atom stereocenters. The van der Waals surface area contributed by atoms with Gasteiger partial charge in [-0.3, -0.25) is 24.2 Å². The zero-order valence-electron chi connectivity index (χ0n) is 13.3. The average molecular weight is 392 g/mol. The molecule has 0 unspecified atom stereocenters. The number of thioether (sulfide) groups is 1. The number of carboxylic acid groups (broad SMARTS) is 2. The van der Waals surface area contributed by atoms with Crippen LogP contribution >= 0.6 is 24.0 Å². The molecule has 1 fully saturated rings. The molecule has 0 saturated carbocycles.